The van der Waals surface area contributed by atoms with Gasteiger partial charge in [0.05, 0.1) is 12.2 Å². The van der Waals surface area contributed by atoms with E-state index in [4.69, 9.17) is 0 Å². The van der Waals surface area contributed by atoms with Crippen LogP contribution in [0, 0.1) is 5.82 Å². The summed E-state index contributed by atoms with van der Waals surface area (Å²) in [6.07, 6.45) is 3.72. The number of para-hydroxylation sites is 1. The summed E-state index contributed by atoms with van der Waals surface area (Å²) in [5.41, 5.74) is 0.679. The van der Waals surface area contributed by atoms with Crippen LogP contribution in [0.2, 0.25) is 0 Å². The number of benzene rings is 1. The van der Waals surface area contributed by atoms with Crippen molar-refractivity contribution < 1.29 is 4.39 Å². The van der Waals surface area contributed by atoms with Gasteiger partial charge in [0.2, 0.25) is 0 Å². The molecule has 0 atom stereocenters. The van der Waals surface area contributed by atoms with Gasteiger partial charge in [-0.2, -0.15) is 5.10 Å². The molecule has 2 aromatic rings. The number of rotatable bonds is 4. The van der Waals surface area contributed by atoms with E-state index in [0.717, 1.165) is 45.2 Å². The molecule has 0 radical (unpaired) electrons. The number of aromatic nitrogens is 2. The minimum atomic E-state index is -0.160. The zero-order valence-electron chi connectivity index (χ0n) is 13.9. The molecule has 0 unspecified atom stereocenters. The highest BCUT2D eigenvalue weighted by atomic mass is 19.1. The molecule has 6 nitrogen and oxygen atoms in total. The lowest BCUT2D eigenvalue weighted by Gasteiger charge is -2.37. The van der Waals surface area contributed by atoms with Crippen molar-refractivity contribution in [2.45, 2.75) is 6.54 Å². The van der Waals surface area contributed by atoms with Crippen molar-refractivity contribution in [2.75, 3.05) is 44.7 Å². The molecule has 7 heteroatoms. The van der Waals surface area contributed by atoms with Crippen molar-refractivity contribution >= 4 is 11.6 Å². The van der Waals surface area contributed by atoms with Crippen LogP contribution in [0.4, 0.5) is 10.1 Å². The predicted molar refractivity (Wildman–Crippen MR) is 93.8 cm³/mol. The summed E-state index contributed by atoms with van der Waals surface area (Å²) in [7, 11) is 1.79. The first kappa shape index (κ1) is 16.3. The zero-order chi connectivity index (χ0) is 16.8. The van der Waals surface area contributed by atoms with Crippen LogP contribution in [0.1, 0.15) is 0 Å². The second kappa shape index (κ2) is 7.81. The normalized spacial score (nSPS) is 15.7. The van der Waals surface area contributed by atoms with Gasteiger partial charge in [0.15, 0.2) is 5.96 Å². The van der Waals surface area contributed by atoms with Crippen molar-refractivity contribution in [1.29, 1.82) is 0 Å². The first-order chi connectivity index (χ1) is 11.8. The summed E-state index contributed by atoms with van der Waals surface area (Å²) in [6.45, 7) is 4.75. The Morgan fingerprint density at radius 1 is 1.21 bits per heavy atom. The van der Waals surface area contributed by atoms with Crippen LogP contribution in [0.15, 0.2) is 47.7 Å². The summed E-state index contributed by atoms with van der Waals surface area (Å²) in [5.74, 6) is 0.725. The molecule has 0 saturated carbocycles. The molecule has 1 aliphatic heterocycles. The third-order valence-corrected chi connectivity index (χ3v) is 4.17. The molecule has 128 valence electrons. The maximum atomic E-state index is 13.9. The van der Waals surface area contributed by atoms with Crippen molar-refractivity contribution in [2.24, 2.45) is 4.99 Å². The molecule has 1 aliphatic rings. The predicted octanol–water partition coefficient (Wildman–Crippen LogP) is 1.42. The smallest absolute Gasteiger partial charge is 0.193 e. The Balaban J connectivity index is 1.50. The van der Waals surface area contributed by atoms with Gasteiger partial charge in [0.1, 0.15) is 5.82 Å². The van der Waals surface area contributed by atoms with E-state index < -0.39 is 0 Å². The highest BCUT2D eigenvalue weighted by Crippen LogP contribution is 2.20. The van der Waals surface area contributed by atoms with Gasteiger partial charge in [-0.05, 0) is 18.2 Å². The minimum absolute atomic E-state index is 0.160. The number of nitrogens with one attached hydrogen (secondary N) is 1. The van der Waals surface area contributed by atoms with Gasteiger partial charge in [-0.15, -0.1) is 0 Å². The Labute approximate surface area is 141 Å². The number of hydrogen-bond acceptors (Lipinski definition) is 3. The van der Waals surface area contributed by atoms with E-state index in [2.05, 4.69) is 25.2 Å². The molecule has 1 fully saturated rings. The fourth-order valence-electron chi connectivity index (χ4n) is 2.91. The van der Waals surface area contributed by atoms with Crippen LogP contribution in [0.3, 0.4) is 0 Å². The molecule has 1 aromatic carbocycles. The lowest BCUT2D eigenvalue weighted by Crippen LogP contribution is -2.53. The summed E-state index contributed by atoms with van der Waals surface area (Å²) in [5, 5.41) is 7.55. The van der Waals surface area contributed by atoms with E-state index in [0.29, 0.717) is 5.69 Å². The number of hydrogen-bond donors (Lipinski definition) is 1. The van der Waals surface area contributed by atoms with Crippen molar-refractivity contribution in [3.63, 3.8) is 0 Å². The molecule has 0 aliphatic carbocycles. The summed E-state index contributed by atoms with van der Waals surface area (Å²) < 4.78 is 15.8. The van der Waals surface area contributed by atoms with E-state index in [1.165, 1.54) is 6.07 Å². The van der Waals surface area contributed by atoms with Gasteiger partial charge in [0, 0.05) is 52.2 Å². The van der Waals surface area contributed by atoms with Crippen LogP contribution >= 0.6 is 0 Å². The Bertz CT molecular complexity index is 661. The van der Waals surface area contributed by atoms with Gasteiger partial charge >= 0.3 is 0 Å². The van der Waals surface area contributed by atoms with Crippen molar-refractivity contribution in [3.8, 4) is 0 Å². The molecule has 0 spiro atoms. The Morgan fingerprint density at radius 2 is 2.00 bits per heavy atom. The van der Waals surface area contributed by atoms with Crippen molar-refractivity contribution in [3.05, 3.63) is 48.5 Å². The average molecular weight is 330 g/mol. The van der Waals surface area contributed by atoms with Gasteiger partial charge in [-0.3, -0.25) is 9.67 Å². The van der Waals surface area contributed by atoms with E-state index >= 15 is 0 Å². The number of anilines is 1. The maximum Gasteiger partial charge on any atom is 0.193 e. The quantitative estimate of drug-likeness (QED) is 0.680. The van der Waals surface area contributed by atoms with Gasteiger partial charge in [-0.25, -0.2) is 4.39 Å². The second-order valence-electron chi connectivity index (χ2n) is 5.67. The summed E-state index contributed by atoms with van der Waals surface area (Å²) in [6, 6.07) is 8.86. The van der Waals surface area contributed by atoms with E-state index in [-0.39, 0.29) is 5.82 Å². The fourth-order valence-corrected chi connectivity index (χ4v) is 2.91. The van der Waals surface area contributed by atoms with E-state index in [9.17, 15) is 4.39 Å². The molecule has 0 amide bonds. The number of piperazine rings is 1. The van der Waals surface area contributed by atoms with Crippen LogP contribution in [-0.4, -0.2) is 60.4 Å². The first-order valence-electron chi connectivity index (χ1n) is 8.20. The molecule has 0 bridgehead atoms. The van der Waals surface area contributed by atoms with Gasteiger partial charge < -0.3 is 15.1 Å². The van der Waals surface area contributed by atoms with Gasteiger partial charge in [-0.1, -0.05) is 12.1 Å². The molecular formula is C17H23FN6. The molecule has 24 heavy (non-hydrogen) atoms. The molecule has 1 aromatic heterocycles. The van der Waals surface area contributed by atoms with Gasteiger partial charge in [0.25, 0.3) is 0 Å². The van der Waals surface area contributed by atoms with Crippen molar-refractivity contribution in [1.82, 2.24) is 20.0 Å². The number of aliphatic imine (C=N–C) groups is 1. The molecular weight excluding hydrogens is 307 g/mol. The number of nitrogens with zero attached hydrogens (tertiary/aromatic N) is 5. The monoisotopic (exact) mass is 330 g/mol. The molecule has 1 saturated heterocycles. The second-order valence-corrected chi connectivity index (χ2v) is 5.67. The molecule has 2 heterocycles. The Kier molecular flexibility index (Phi) is 5.30. The SMILES string of the molecule is CN=C(NCCn1cccn1)N1CCN(c2ccccc2F)CC1. The largest absolute Gasteiger partial charge is 0.366 e. The van der Waals surface area contributed by atoms with Crippen LogP contribution in [0.25, 0.3) is 0 Å². The first-order valence-corrected chi connectivity index (χ1v) is 8.20. The fraction of sp³-hybridized carbons (Fsp3) is 0.412. The topological polar surface area (TPSA) is 48.7 Å². The zero-order valence-corrected chi connectivity index (χ0v) is 13.9. The van der Waals surface area contributed by atoms with Crippen LogP contribution in [-0.2, 0) is 6.54 Å². The lowest BCUT2D eigenvalue weighted by atomic mass is 10.2. The number of guanidine groups is 1. The Hall–Kier alpha value is -2.57. The lowest BCUT2D eigenvalue weighted by molar-refractivity contribution is 0.369. The summed E-state index contributed by atoms with van der Waals surface area (Å²) >= 11 is 0. The minimum Gasteiger partial charge on any atom is -0.366 e. The average Bonchev–Trinajstić information content (AvgIpc) is 3.13. The maximum absolute atomic E-state index is 13.9. The number of halogens is 1. The highest BCUT2D eigenvalue weighted by Gasteiger charge is 2.21. The van der Waals surface area contributed by atoms with Crippen LogP contribution < -0.4 is 10.2 Å². The molecule has 3 rings (SSSR count). The van der Waals surface area contributed by atoms with E-state index in [1.807, 2.05) is 29.1 Å². The third kappa shape index (κ3) is 3.84. The molecule has 1 N–H and O–H groups in total. The van der Waals surface area contributed by atoms with E-state index in [1.54, 1.807) is 19.3 Å². The highest BCUT2D eigenvalue weighted by molar-refractivity contribution is 5.80. The summed E-state index contributed by atoms with van der Waals surface area (Å²) in [4.78, 5) is 8.65. The third-order valence-electron chi connectivity index (χ3n) is 4.17. The van der Waals surface area contributed by atoms with Crippen LogP contribution in [0.5, 0.6) is 0 Å². The Morgan fingerprint density at radius 3 is 2.67 bits per heavy atom. The standard InChI is InChI=1S/C17H23FN6/c1-19-17(20-8-10-24-9-4-7-21-24)23-13-11-22(12-14-23)16-6-3-2-5-15(16)18/h2-7,9H,8,10-14H2,1H3,(H,19,20).